The van der Waals surface area contributed by atoms with Crippen molar-refractivity contribution in [2.75, 3.05) is 0 Å². The molecule has 0 unspecified atom stereocenters. The van der Waals surface area contributed by atoms with Crippen LogP contribution in [-0.2, 0) is 20.8 Å². The molecule has 0 fully saturated rings. The van der Waals surface area contributed by atoms with Crippen LogP contribution < -0.4 is 0 Å². The van der Waals surface area contributed by atoms with Crippen LogP contribution in [0.1, 0.15) is 19.8 Å². The first-order chi connectivity index (χ1) is 5.35. The van der Waals surface area contributed by atoms with Crippen LogP contribution in [0.4, 0.5) is 0 Å². The molecule has 0 atom stereocenters. The van der Waals surface area contributed by atoms with Crippen molar-refractivity contribution in [2.24, 2.45) is 5.92 Å². The summed E-state index contributed by atoms with van der Waals surface area (Å²) in [7, 11) is 9.87. The van der Waals surface area contributed by atoms with Crippen molar-refractivity contribution < 1.29 is 20.8 Å². The van der Waals surface area contributed by atoms with Crippen LogP contribution in [0, 0.1) is 5.92 Å². The molecule has 0 nitrogen and oxygen atoms in total. The maximum atomic E-state index is 4.93. The Labute approximate surface area is 87.3 Å². The van der Waals surface area contributed by atoms with Crippen molar-refractivity contribution in [2.45, 2.75) is 19.8 Å². The van der Waals surface area contributed by atoms with Crippen molar-refractivity contribution >= 4 is 17.0 Å². The van der Waals surface area contributed by atoms with E-state index >= 15 is 0 Å². The fourth-order valence-corrected chi connectivity index (χ4v) is 1.00. The molecule has 0 heterocycles. The molecule has 3 heteroatoms. The summed E-state index contributed by atoms with van der Waals surface area (Å²) in [6.07, 6.45) is 11.4. The molecule has 11 heavy (non-hydrogen) atoms. The molecular formula is C8H12Cl2Zr. The Morgan fingerprint density at radius 2 is 1.73 bits per heavy atom. The van der Waals surface area contributed by atoms with Gasteiger partial charge in [-0.2, -0.15) is 0 Å². The number of rotatable bonds is 2. The fraction of sp³-hybridized carbons (Fsp3) is 0.500. The van der Waals surface area contributed by atoms with E-state index in [2.05, 4.69) is 31.2 Å². The molecule has 0 bridgehead atoms. The van der Waals surface area contributed by atoms with Crippen LogP contribution in [0.5, 0.6) is 0 Å². The zero-order valence-electron chi connectivity index (χ0n) is 6.56. The number of hydrogen-bond donors (Lipinski definition) is 0. The molecule has 0 spiro atoms. The molecule has 0 aromatic heterocycles. The summed E-state index contributed by atoms with van der Waals surface area (Å²) in [5, 5.41) is 0. The predicted molar refractivity (Wildman–Crippen MR) is 48.4 cm³/mol. The molecule has 0 aromatic carbocycles. The topological polar surface area (TPSA) is 0 Å². The van der Waals surface area contributed by atoms with Gasteiger partial charge in [-0.05, 0) is 12.3 Å². The molecule has 1 aliphatic rings. The van der Waals surface area contributed by atoms with Crippen LogP contribution in [0.25, 0.3) is 0 Å². The first kappa shape index (κ1) is 11.9. The minimum absolute atomic E-state index is 0.750. The van der Waals surface area contributed by atoms with Gasteiger partial charge in [-0.15, -0.1) is 0 Å². The zero-order chi connectivity index (χ0) is 8.53. The standard InChI is InChI=1S/C8H12.2ClH.Zr/c1-2-5-8-6-3-4-7-8;;;/h3-4,6-8H,2,5H2,1H3;2*1H;/q;;;+2/p-2. The molecule has 1 aliphatic carbocycles. The van der Waals surface area contributed by atoms with Crippen molar-refractivity contribution in [3.05, 3.63) is 24.3 Å². The normalized spacial score (nSPS) is 14.5. The molecule has 62 valence electrons. The zero-order valence-corrected chi connectivity index (χ0v) is 10.5. The van der Waals surface area contributed by atoms with Gasteiger partial charge >= 0.3 is 37.9 Å². The van der Waals surface area contributed by atoms with Crippen molar-refractivity contribution in [3.8, 4) is 0 Å². The van der Waals surface area contributed by atoms with E-state index in [1.807, 2.05) is 0 Å². The van der Waals surface area contributed by atoms with E-state index in [4.69, 9.17) is 17.0 Å². The number of allylic oxidation sites excluding steroid dienone is 4. The molecule has 0 aliphatic heterocycles. The first-order valence-electron chi connectivity index (χ1n) is 3.66. The molecular weight excluding hydrogens is 258 g/mol. The van der Waals surface area contributed by atoms with Gasteiger partial charge in [-0.3, -0.25) is 0 Å². The van der Waals surface area contributed by atoms with Gasteiger partial charge in [0.15, 0.2) is 0 Å². The van der Waals surface area contributed by atoms with Crippen LogP contribution in [0.15, 0.2) is 24.3 Å². The van der Waals surface area contributed by atoms with Gasteiger partial charge in [0.25, 0.3) is 0 Å². The Bertz CT molecular complexity index is 120. The average Bonchev–Trinajstić information content (AvgIpc) is 2.42. The average molecular weight is 270 g/mol. The van der Waals surface area contributed by atoms with Gasteiger partial charge in [0.2, 0.25) is 0 Å². The Morgan fingerprint density at radius 1 is 1.27 bits per heavy atom. The van der Waals surface area contributed by atoms with Gasteiger partial charge in [0, 0.05) is 0 Å². The van der Waals surface area contributed by atoms with Gasteiger partial charge < -0.3 is 0 Å². The summed E-state index contributed by atoms with van der Waals surface area (Å²) in [6, 6.07) is 0. The van der Waals surface area contributed by atoms with E-state index in [1.54, 1.807) is 0 Å². The second kappa shape index (κ2) is 9.03. The third kappa shape index (κ3) is 7.31. The van der Waals surface area contributed by atoms with Crippen molar-refractivity contribution in [1.82, 2.24) is 0 Å². The van der Waals surface area contributed by atoms with Crippen LogP contribution in [0.3, 0.4) is 0 Å². The van der Waals surface area contributed by atoms with Gasteiger partial charge in [-0.1, -0.05) is 37.6 Å². The molecule has 0 amide bonds. The van der Waals surface area contributed by atoms with Crippen LogP contribution in [-0.4, -0.2) is 0 Å². The van der Waals surface area contributed by atoms with Gasteiger partial charge in [0.05, 0.1) is 0 Å². The van der Waals surface area contributed by atoms with Gasteiger partial charge in [-0.25, -0.2) is 0 Å². The Kier molecular flexibility index (Phi) is 9.81. The molecule has 0 radical (unpaired) electrons. The van der Waals surface area contributed by atoms with E-state index in [1.165, 1.54) is 12.8 Å². The Balaban J connectivity index is 0.000000292. The fourth-order valence-electron chi connectivity index (χ4n) is 1.00. The second-order valence-electron chi connectivity index (χ2n) is 2.29. The first-order valence-corrected chi connectivity index (χ1v) is 9.99. The summed E-state index contributed by atoms with van der Waals surface area (Å²) >= 11 is -0.826. The van der Waals surface area contributed by atoms with E-state index in [-0.39, 0.29) is 0 Å². The maximum absolute atomic E-state index is 4.93. The second-order valence-corrected chi connectivity index (χ2v) is 6.03. The summed E-state index contributed by atoms with van der Waals surface area (Å²) < 4.78 is 0. The number of halogens is 2. The van der Waals surface area contributed by atoms with Crippen molar-refractivity contribution in [3.63, 3.8) is 0 Å². The quantitative estimate of drug-likeness (QED) is 0.713. The summed E-state index contributed by atoms with van der Waals surface area (Å²) in [5.41, 5.74) is 0. The third-order valence-corrected chi connectivity index (χ3v) is 1.45. The summed E-state index contributed by atoms with van der Waals surface area (Å²) in [6.45, 7) is 2.22. The molecule has 0 N–H and O–H groups in total. The number of hydrogen-bond acceptors (Lipinski definition) is 0. The van der Waals surface area contributed by atoms with E-state index in [0.717, 1.165) is 5.92 Å². The summed E-state index contributed by atoms with van der Waals surface area (Å²) in [4.78, 5) is 0. The third-order valence-electron chi connectivity index (χ3n) is 1.45. The minimum atomic E-state index is -0.826. The Hall–Kier alpha value is 0.943. The van der Waals surface area contributed by atoms with Crippen LogP contribution >= 0.6 is 17.0 Å². The van der Waals surface area contributed by atoms with Crippen molar-refractivity contribution in [1.29, 1.82) is 0 Å². The SMILES string of the molecule is CCCC1C=CC=C1.[Cl][Zr][Cl]. The molecule has 0 saturated heterocycles. The van der Waals surface area contributed by atoms with E-state index in [0.29, 0.717) is 0 Å². The van der Waals surface area contributed by atoms with E-state index in [9.17, 15) is 0 Å². The van der Waals surface area contributed by atoms with E-state index < -0.39 is 20.8 Å². The van der Waals surface area contributed by atoms with Gasteiger partial charge in [0.1, 0.15) is 0 Å². The predicted octanol–water partition coefficient (Wildman–Crippen LogP) is 3.91. The molecule has 0 saturated carbocycles. The molecule has 1 rings (SSSR count). The molecule has 0 aromatic rings. The van der Waals surface area contributed by atoms with Crippen LogP contribution in [0.2, 0.25) is 0 Å². The monoisotopic (exact) mass is 268 g/mol. The summed E-state index contributed by atoms with van der Waals surface area (Å²) in [5.74, 6) is 0.750. The Morgan fingerprint density at radius 3 is 2.09 bits per heavy atom.